The Morgan fingerprint density at radius 1 is 1.10 bits per heavy atom. The van der Waals surface area contributed by atoms with Gasteiger partial charge in [-0.05, 0) is 55.0 Å². The van der Waals surface area contributed by atoms with Gasteiger partial charge in [-0.1, -0.05) is 41.9 Å². The zero-order chi connectivity index (χ0) is 21.2. The molecule has 2 aromatic carbocycles. The first-order chi connectivity index (χ1) is 15.2. The minimum Gasteiger partial charge on any atom is -0.331 e. The van der Waals surface area contributed by atoms with Crippen molar-refractivity contribution < 1.29 is 4.79 Å². The maximum Gasteiger partial charge on any atom is 0.315 e. The monoisotopic (exact) mass is 452 g/mol. The number of hydrogen-bond donors (Lipinski definition) is 2. The number of benzene rings is 2. The van der Waals surface area contributed by atoms with Crippen LogP contribution in [0.25, 0.3) is 0 Å². The van der Waals surface area contributed by atoms with Crippen LogP contribution in [0.3, 0.4) is 0 Å². The van der Waals surface area contributed by atoms with Crippen LogP contribution in [0.5, 0.6) is 0 Å². The van der Waals surface area contributed by atoms with Gasteiger partial charge in [-0.2, -0.15) is 5.10 Å². The highest BCUT2D eigenvalue weighted by Crippen LogP contribution is 2.37. The number of carbonyl (C=O) groups excluding carboxylic acids is 1. The Hall–Kier alpha value is -2.44. The summed E-state index contributed by atoms with van der Waals surface area (Å²) in [6.07, 6.45) is 5.79. The predicted molar refractivity (Wildman–Crippen MR) is 125 cm³/mol. The molecule has 2 N–H and O–H groups in total. The molecule has 2 heterocycles. The number of thioether (sulfide) groups is 1. The summed E-state index contributed by atoms with van der Waals surface area (Å²) in [5.41, 5.74) is 4.71. The van der Waals surface area contributed by atoms with Gasteiger partial charge in [0.1, 0.15) is 0 Å². The van der Waals surface area contributed by atoms with Crippen molar-refractivity contribution in [3.05, 3.63) is 82.1 Å². The molecule has 5 rings (SSSR count). The Kier molecular flexibility index (Phi) is 5.92. The van der Waals surface area contributed by atoms with Crippen LogP contribution in [0.15, 0.2) is 59.6 Å². The molecule has 0 fully saturated rings. The molecule has 2 atom stereocenters. The van der Waals surface area contributed by atoms with Gasteiger partial charge in [0.15, 0.2) is 0 Å². The Labute approximate surface area is 191 Å². The van der Waals surface area contributed by atoms with Crippen LogP contribution in [0, 0.1) is 0 Å². The molecule has 1 aromatic heterocycles. The molecule has 2 unspecified atom stereocenters. The second kappa shape index (κ2) is 8.97. The maximum absolute atomic E-state index is 12.9. The lowest BCUT2D eigenvalue weighted by atomic mass is 9.93. The van der Waals surface area contributed by atoms with E-state index < -0.39 is 0 Å². The fourth-order valence-corrected chi connectivity index (χ4v) is 5.82. The topological polar surface area (TPSA) is 59.0 Å². The summed E-state index contributed by atoms with van der Waals surface area (Å²) in [5, 5.41) is 11.7. The van der Waals surface area contributed by atoms with Crippen molar-refractivity contribution in [2.75, 3.05) is 5.75 Å². The number of amides is 2. The molecule has 0 saturated carbocycles. The molecule has 0 bridgehead atoms. The fourth-order valence-electron chi connectivity index (χ4n) is 4.53. The molecular formula is C24H25ClN4OS. The van der Waals surface area contributed by atoms with Crippen LogP contribution in [0.4, 0.5) is 4.79 Å². The van der Waals surface area contributed by atoms with Gasteiger partial charge in [0.05, 0.1) is 24.8 Å². The molecule has 1 aliphatic carbocycles. The third-order valence-corrected chi connectivity index (χ3v) is 7.42. The summed E-state index contributed by atoms with van der Waals surface area (Å²) < 4.78 is 2.08. The highest BCUT2D eigenvalue weighted by Gasteiger charge is 2.28. The Morgan fingerprint density at radius 3 is 2.74 bits per heavy atom. The van der Waals surface area contributed by atoms with Crippen LogP contribution in [0.1, 0.15) is 53.7 Å². The summed E-state index contributed by atoms with van der Waals surface area (Å²) in [5.74, 6) is 0.986. The van der Waals surface area contributed by atoms with Crippen molar-refractivity contribution in [3.63, 3.8) is 0 Å². The molecular weight excluding hydrogens is 428 g/mol. The lowest BCUT2D eigenvalue weighted by Crippen LogP contribution is -2.41. The number of nitrogens with zero attached hydrogens (tertiary/aromatic N) is 2. The van der Waals surface area contributed by atoms with Crippen LogP contribution in [-0.4, -0.2) is 21.6 Å². The molecule has 2 amide bonds. The number of hydrogen-bond acceptors (Lipinski definition) is 3. The number of aromatic nitrogens is 2. The normalized spacial score (nSPS) is 19.9. The molecule has 7 heteroatoms. The standard InChI is InChI=1S/C24H25ClN4OS/c25-17-9-10-23-18(13-17)21(11-12-31-23)28-24(30)27-20-7-4-8-22-19(20)14-26-29(22)15-16-5-2-1-3-6-16/h1-3,5-6,9-10,13-14,20-21H,4,7-8,11-12,15H2,(H2,27,28,30). The van der Waals surface area contributed by atoms with Crippen molar-refractivity contribution in [1.82, 2.24) is 20.4 Å². The van der Waals surface area contributed by atoms with Gasteiger partial charge in [-0.15, -0.1) is 11.8 Å². The minimum absolute atomic E-state index is 0.00919. The minimum atomic E-state index is -0.128. The Balaban J connectivity index is 1.28. The Bertz CT molecular complexity index is 1080. The Morgan fingerprint density at radius 2 is 1.90 bits per heavy atom. The summed E-state index contributed by atoms with van der Waals surface area (Å²) in [6.45, 7) is 0.756. The average molecular weight is 453 g/mol. The van der Waals surface area contributed by atoms with E-state index in [0.717, 1.165) is 49.1 Å². The number of halogens is 1. The summed E-state index contributed by atoms with van der Waals surface area (Å²) in [4.78, 5) is 14.1. The zero-order valence-electron chi connectivity index (χ0n) is 17.2. The van der Waals surface area contributed by atoms with E-state index in [1.165, 1.54) is 16.2 Å². The van der Waals surface area contributed by atoms with Gasteiger partial charge < -0.3 is 10.6 Å². The fraction of sp³-hybridized carbons (Fsp3) is 0.333. The van der Waals surface area contributed by atoms with E-state index in [4.69, 9.17) is 11.6 Å². The molecule has 0 radical (unpaired) electrons. The first kappa shape index (κ1) is 20.5. The second-order valence-corrected chi connectivity index (χ2v) is 9.70. The SMILES string of the molecule is O=C(NC1CCSc2ccc(Cl)cc21)NC1CCCc2c1cnn2Cc1ccccc1. The first-order valence-corrected chi connectivity index (χ1v) is 12.1. The highest BCUT2D eigenvalue weighted by atomic mass is 35.5. The van der Waals surface area contributed by atoms with E-state index in [2.05, 4.69) is 44.7 Å². The number of urea groups is 1. The number of carbonyl (C=O) groups is 1. The van der Waals surface area contributed by atoms with E-state index in [1.54, 1.807) is 0 Å². The average Bonchev–Trinajstić information content (AvgIpc) is 3.19. The van der Waals surface area contributed by atoms with Crippen molar-refractivity contribution >= 4 is 29.4 Å². The lowest BCUT2D eigenvalue weighted by molar-refractivity contribution is 0.231. The van der Waals surface area contributed by atoms with Crippen LogP contribution in [-0.2, 0) is 13.0 Å². The van der Waals surface area contributed by atoms with Crippen LogP contribution >= 0.6 is 23.4 Å². The highest BCUT2D eigenvalue weighted by molar-refractivity contribution is 7.99. The molecule has 1 aliphatic heterocycles. The van der Waals surface area contributed by atoms with Crippen LogP contribution < -0.4 is 10.6 Å². The smallest absolute Gasteiger partial charge is 0.315 e. The molecule has 31 heavy (non-hydrogen) atoms. The molecule has 0 spiro atoms. The maximum atomic E-state index is 12.9. The van der Waals surface area contributed by atoms with Crippen molar-refractivity contribution in [2.45, 2.75) is 49.2 Å². The summed E-state index contributed by atoms with van der Waals surface area (Å²) in [6, 6.07) is 16.1. The molecule has 5 nitrogen and oxygen atoms in total. The number of rotatable bonds is 4. The predicted octanol–water partition coefficient (Wildman–Crippen LogP) is 5.50. The van der Waals surface area contributed by atoms with E-state index in [-0.39, 0.29) is 18.1 Å². The van der Waals surface area contributed by atoms with Crippen molar-refractivity contribution in [3.8, 4) is 0 Å². The zero-order valence-corrected chi connectivity index (χ0v) is 18.8. The van der Waals surface area contributed by atoms with E-state index in [1.807, 2.05) is 42.2 Å². The lowest BCUT2D eigenvalue weighted by Gasteiger charge is -2.28. The second-order valence-electron chi connectivity index (χ2n) is 8.12. The van der Waals surface area contributed by atoms with Gasteiger partial charge in [0.2, 0.25) is 0 Å². The molecule has 3 aromatic rings. The first-order valence-electron chi connectivity index (χ1n) is 10.7. The van der Waals surface area contributed by atoms with E-state index in [0.29, 0.717) is 5.02 Å². The summed E-state index contributed by atoms with van der Waals surface area (Å²) in [7, 11) is 0. The van der Waals surface area contributed by atoms with Gasteiger partial charge in [-0.25, -0.2) is 4.79 Å². The molecule has 160 valence electrons. The van der Waals surface area contributed by atoms with Crippen molar-refractivity contribution in [1.29, 1.82) is 0 Å². The molecule has 0 saturated heterocycles. The van der Waals surface area contributed by atoms with Gasteiger partial charge in [0.25, 0.3) is 0 Å². The third-order valence-electron chi connectivity index (χ3n) is 6.06. The van der Waals surface area contributed by atoms with Gasteiger partial charge in [-0.3, -0.25) is 4.68 Å². The number of fused-ring (bicyclic) bond motifs is 2. The largest absolute Gasteiger partial charge is 0.331 e. The third kappa shape index (κ3) is 4.46. The van der Waals surface area contributed by atoms with Gasteiger partial charge in [0, 0.05) is 26.9 Å². The molecule has 2 aliphatic rings. The summed E-state index contributed by atoms with van der Waals surface area (Å²) >= 11 is 8.02. The number of nitrogens with one attached hydrogen (secondary N) is 2. The van der Waals surface area contributed by atoms with Crippen molar-refractivity contribution in [2.24, 2.45) is 0 Å². The van der Waals surface area contributed by atoms with Gasteiger partial charge >= 0.3 is 6.03 Å². The van der Waals surface area contributed by atoms with E-state index in [9.17, 15) is 4.79 Å². The quantitative estimate of drug-likeness (QED) is 0.549. The van der Waals surface area contributed by atoms with E-state index >= 15 is 0 Å². The van der Waals surface area contributed by atoms with Crippen LogP contribution in [0.2, 0.25) is 5.02 Å².